The second-order valence-electron chi connectivity index (χ2n) is 4.39. The Balaban J connectivity index is 2.30. The molecular formula is C15H16O3S. The maximum Gasteiger partial charge on any atom is 0.179 e. The normalized spacial score (nSPS) is 12.9. The zero-order valence-electron chi connectivity index (χ0n) is 10.9. The highest BCUT2D eigenvalue weighted by Crippen LogP contribution is 2.28. The van der Waals surface area contributed by atoms with E-state index in [0.717, 1.165) is 5.56 Å². The molecular weight excluding hydrogens is 260 g/mol. The highest BCUT2D eigenvalue weighted by molar-refractivity contribution is 7.90. The predicted molar refractivity (Wildman–Crippen MR) is 75.0 cm³/mol. The molecule has 2 rings (SSSR count). The maximum atomic E-state index is 11.7. The van der Waals surface area contributed by atoms with Crippen LogP contribution < -0.4 is 4.74 Å². The van der Waals surface area contributed by atoms with Crippen molar-refractivity contribution >= 4 is 9.84 Å². The van der Waals surface area contributed by atoms with E-state index in [1.165, 1.54) is 6.26 Å². The number of hydrogen-bond acceptors (Lipinski definition) is 3. The Hall–Kier alpha value is -1.81. The van der Waals surface area contributed by atoms with Gasteiger partial charge < -0.3 is 4.74 Å². The largest absolute Gasteiger partial charge is 0.485 e. The number of rotatable bonds is 4. The number of ether oxygens (including phenoxy) is 1. The molecule has 0 bridgehead atoms. The van der Waals surface area contributed by atoms with Gasteiger partial charge in [0, 0.05) is 6.26 Å². The summed E-state index contributed by atoms with van der Waals surface area (Å²) in [5.74, 6) is 0.390. The minimum absolute atomic E-state index is 0.205. The van der Waals surface area contributed by atoms with E-state index in [1.807, 2.05) is 37.3 Å². The van der Waals surface area contributed by atoms with Crippen molar-refractivity contribution in [1.82, 2.24) is 0 Å². The third-order valence-electron chi connectivity index (χ3n) is 2.82. The molecule has 0 radical (unpaired) electrons. The second-order valence-corrected chi connectivity index (χ2v) is 6.37. The van der Waals surface area contributed by atoms with Crippen molar-refractivity contribution in [2.45, 2.75) is 17.9 Å². The van der Waals surface area contributed by atoms with E-state index in [-0.39, 0.29) is 11.0 Å². The lowest BCUT2D eigenvalue weighted by molar-refractivity contribution is 0.221. The predicted octanol–water partition coefficient (Wildman–Crippen LogP) is 3.23. The summed E-state index contributed by atoms with van der Waals surface area (Å²) in [6, 6.07) is 16.4. The van der Waals surface area contributed by atoms with Crippen molar-refractivity contribution in [2.75, 3.05) is 6.26 Å². The summed E-state index contributed by atoms with van der Waals surface area (Å²) in [5, 5.41) is 0. The Morgan fingerprint density at radius 1 is 0.947 bits per heavy atom. The quantitative estimate of drug-likeness (QED) is 0.861. The molecule has 0 aromatic heterocycles. The molecule has 0 aliphatic rings. The van der Waals surface area contributed by atoms with Crippen LogP contribution in [0.15, 0.2) is 59.5 Å². The van der Waals surface area contributed by atoms with Crippen LogP contribution in [0.4, 0.5) is 0 Å². The lowest BCUT2D eigenvalue weighted by atomic mass is 10.1. The smallest absolute Gasteiger partial charge is 0.179 e. The van der Waals surface area contributed by atoms with Gasteiger partial charge in [0.15, 0.2) is 9.84 Å². The Kier molecular flexibility index (Phi) is 3.90. The van der Waals surface area contributed by atoms with Gasteiger partial charge in [0.1, 0.15) is 16.7 Å². The van der Waals surface area contributed by atoms with Crippen LogP contribution in [0, 0.1) is 0 Å². The molecule has 100 valence electrons. The molecule has 0 aliphatic heterocycles. The van der Waals surface area contributed by atoms with Gasteiger partial charge in [-0.05, 0) is 24.6 Å². The first-order valence-electron chi connectivity index (χ1n) is 5.99. The van der Waals surface area contributed by atoms with E-state index in [1.54, 1.807) is 24.3 Å². The van der Waals surface area contributed by atoms with E-state index in [2.05, 4.69) is 0 Å². The summed E-state index contributed by atoms with van der Waals surface area (Å²) in [6.07, 6.45) is 0.978. The van der Waals surface area contributed by atoms with Crippen LogP contribution in [0.5, 0.6) is 5.75 Å². The molecule has 0 spiro atoms. The topological polar surface area (TPSA) is 43.4 Å². The zero-order chi connectivity index (χ0) is 13.9. The molecule has 1 atom stereocenters. The average molecular weight is 276 g/mol. The zero-order valence-corrected chi connectivity index (χ0v) is 11.7. The molecule has 0 amide bonds. The minimum atomic E-state index is -3.29. The first-order valence-corrected chi connectivity index (χ1v) is 7.88. The van der Waals surface area contributed by atoms with E-state index in [9.17, 15) is 8.42 Å². The Morgan fingerprint density at radius 2 is 1.53 bits per heavy atom. The fourth-order valence-electron chi connectivity index (χ4n) is 1.84. The van der Waals surface area contributed by atoms with Gasteiger partial charge >= 0.3 is 0 Å². The fourth-order valence-corrected chi connectivity index (χ4v) is 2.64. The SMILES string of the molecule is CC(Oc1ccccc1S(C)(=O)=O)c1ccccc1. The van der Waals surface area contributed by atoms with Crippen molar-refractivity contribution in [3.05, 3.63) is 60.2 Å². The molecule has 2 aromatic carbocycles. The fraction of sp³-hybridized carbons (Fsp3) is 0.200. The van der Waals surface area contributed by atoms with Gasteiger partial charge in [-0.25, -0.2) is 8.42 Å². The third kappa shape index (κ3) is 3.35. The van der Waals surface area contributed by atoms with Crippen molar-refractivity contribution < 1.29 is 13.2 Å². The molecule has 1 unspecified atom stereocenters. The summed E-state index contributed by atoms with van der Waals surface area (Å²) < 4.78 is 29.2. The second kappa shape index (κ2) is 5.45. The number of hydrogen-bond donors (Lipinski definition) is 0. The molecule has 0 aliphatic carbocycles. The van der Waals surface area contributed by atoms with Gasteiger partial charge in [0.2, 0.25) is 0 Å². The van der Waals surface area contributed by atoms with E-state index >= 15 is 0 Å². The first kappa shape index (κ1) is 13.6. The van der Waals surface area contributed by atoms with E-state index in [4.69, 9.17) is 4.74 Å². The summed E-state index contributed by atoms with van der Waals surface area (Å²) in [5.41, 5.74) is 1.01. The lowest BCUT2D eigenvalue weighted by Crippen LogP contribution is -2.07. The molecule has 0 heterocycles. The first-order chi connectivity index (χ1) is 8.98. The third-order valence-corrected chi connectivity index (χ3v) is 3.96. The molecule has 4 heteroatoms. The van der Waals surface area contributed by atoms with Crippen LogP contribution >= 0.6 is 0 Å². The van der Waals surface area contributed by atoms with E-state index in [0.29, 0.717) is 5.75 Å². The average Bonchev–Trinajstić information content (AvgIpc) is 2.39. The molecule has 2 aromatic rings. The molecule has 0 saturated carbocycles. The van der Waals surface area contributed by atoms with Gasteiger partial charge in [0.25, 0.3) is 0 Å². The Labute approximate surface area is 113 Å². The Bertz CT molecular complexity index is 648. The van der Waals surface area contributed by atoms with Crippen molar-refractivity contribution in [1.29, 1.82) is 0 Å². The number of sulfone groups is 1. The van der Waals surface area contributed by atoms with Crippen LogP contribution in [0.3, 0.4) is 0 Å². The van der Waals surface area contributed by atoms with Crippen LogP contribution in [0.1, 0.15) is 18.6 Å². The summed E-state index contributed by atoms with van der Waals surface area (Å²) in [4.78, 5) is 0.220. The number of benzene rings is 2. The summed E-state index contributed by atoms with van der Waals surface area (Å²) in [7, 11) is -3.29. The Morgan fingerprint density at radius 3 is 2.16 bits per heavy atom. The minimum Gasteiger partial charge on any atom is -0.485 e. The maximum absolute atomic E-state index is 11.7. The van der Waals surface area contributed by atoms with Crippen LogP contribution in [0.25, 0.3) is 0 Å². The van der Waals surface area contributed by atoms with Gasteiger partial charge in [-0.15, -0.1) is 0 Å². The highest BCUT2D eigenvalue weighted by Gasteiger charge is 2.16. The van der Waals surface area contributed by atoms with E-state index < -0.39 is 9.84 Å². The summed E-state index contributed by atoms with van der Waals surface area (Å²) >= 11 is 0. The highest BCUT2D eigenvalue weighted by atomic mass is 32.2. The van der Waals surface area contributed by atoms with Gasteiger partial charge in [-0.3, -0.25) is 0 Å². The molecule has 0 saturated heterocycles. The molecule has 0 fully saturated rings. The molecule has 3 nitrogen and oxygen atoms in total. The lowest BCUT2D eigenvalue weighted by Gasteiger charge is -2.17. The standard InChI is InChI=1S/C15H16O3S/c1-12(13-8-4-3-5-9-13)18-14-10-6-7-11-15(14)19(2,16)17/h3-12H,1-2H3. The molecule has 0 N–H and O–H groups in total. The van der Waals surface area contributed by atoms with Gasteiger partial charge in [0.05, 0.1) is 0 Å². The molecule has 19 heavy (non-hydrogen) atoms. The summed E-state index contributed by atoms with van der Waals surface area (Å²) in [6.45, 7) is 1.90. The van der Waals surface area contributed by atoms with Gasteiger partial charge in [-0.1, -0.05) is 42.5 Å². The van der Waals surface area contributed by atoms with Crippen molar-refractivity contribution in [3.8, 4) is 5.75 Å². The van der Waals surface area contributed by atoms with Crippen LogP contribution in [-0.4, -0.2) is 14.7 Å². The van der Waals surface area contributed by atoms with Crippen LogP contribution in [0.2, 0.25) is 0 Å². The van der Waals surface area contributed by atoms with Gasteiger partial charge in [-0.2, -0.15) is 0 Å². The monoisotopic (exact) mass is 276 g/mol. The van der Waals surface area contributed by atoms with Crippen molar-refractivity contribution in [3.63, 3.8) is 0 Å². The number of para-hydroxylation sites is 1. The van der Waals surface area contributed by atoms with Crippen LogP contribution in [-0.2, 0) is 9.84 Å². The van der Waals surface area contributed by atoms with Crippen molar-refractivity contribution in [2.24, 2.45) is 0 Å².